The molecule has 3 rings (SSSR count). The molecule has 28 heavy (non-hydrogen) atoms. The Morgan fingerprint density at radius 1 is 1.18 bits per heavy atom. The van der Waals surface area contributed by atoms with Crippen LogP contribution in [0.25, 0.3) is 22.1 Å². The molecule has 0 aliphatic carbocycles. The lowest BCUT2D eigenvalue weighted by Gasteiger charge is -2.24. The molecule has 0 atom stereocenters. The minimum absolute atomic E-state index is 0.200. The highest BCUT2D eigenvalue weighted by molar-refractivity contribution is 6.08. The van der Waals surface area contributed by atoms with Gasteiger partial charge in [0.25, 0.3) is 5.91 Å². The molecule has 0 aliphatic heterocycles. The molecule has 1 amide bonds. The molecule has 1 heterocycles. The molecular weight excluding hydrogens is 352 g/mol. The van der Waals surface area contributed by atoms with E-state index in [1.54, 1.807) is 7.11 Å². The minimum Gasteiger partial charge on any atom is -0.497 e. The van der Waals surface area contributed by atoms with E-state index in [4.69, 9.17) is 9.15 Å². The molecular formula is C23H28N2O3. The van der Waals surface area contributed by atoms with E-state index in [9.17, 15) is 4.79 Å². The van der Waals surface area contributed by atoms with E-state index in [1.807, 2.05) is 48.5 Å². The third kappa shape index (κ3) is 4.20. The van der Waals surface area contributed by atoms with E-state index >= 15 is 0 Å². The van der Waals surface area contributed by atoms with Gasteiger partial charge in [-0.1, -0.05) is 37.3 Å². The summed E-state index contributed by atoms with van der Waals surface area (Å²) in [5.74, 6) is 0.833. The summed E-state index contributed by atoms with van der Waals surface area (Å²) < 4.78 is 11.3. The molecule has 3 aromatic rings. The average molecular weight is 380 g/mol. The molecule has 1 N–H and O–H groups in total. The van der Waals surface area contributed by atoms with Crippen molar-refractivity contribution in [3.63, 3.8) is 0 Å². The first-order chi connectivity index (χ1) is 13.5. The van der Waals surface area contributed by atoms with Crippen molar-refractivity contribution in [1.29, 1.82) is 0 Å². The van der Waals surface area contributed by atoms with Crippen LogP contribution in [0.3, 0.4) is 0 Å². The molecule has 0 aliphatic rings. The lowest BCUT2D eigenvalue weighted by molar-refractivity contribution is 0.0921. The number of nitrogens with one attached hydrogen (secondary N) is 1. The predicted octanol–water partition coefficient (Wildman–Crippen LogP) is 4.57. The number of ether oxygens (including phenoxy) is 1. The first-order valence-corrected chi connectivity index (χ1v) is 9.73. The summed E-state index contributed by atoms with van der Waals surface area (Å²) in [6, 6.07) is 15.9. The summed E-state index contributed by atoms with van der Waals surface area (Å²) in [5, 5.41) is 3.91. The Kier molecular flexibility index (Phi) is 6.37. The van der Waals surface area contributed by atoms with Crippen LogP contribution < -0.4 is 10.1 Å². The second-order valence-corrected chi connectivity index (χ2v) is 7.01. The van der Waals surface area contributed by atoms with Gasteiger partial charge >= 0.3 is 0 Å². The maximum Gasteiger partial charge on any atom is 0.287 e. The van der Waals surface area contributed by atoms with Crippen LogP contribution in [0.15, 0.2) is 52.9 Å². The lowest BCUT2D eigenvalue weighted by atomic mass is 10.0. The number of nitrogens with zero attached hydrogens (tertiary/aromatic N) is 1. The topological polar surface area (TPSA) is 54.7 Å². The predicted molar refractivity (Wildman–Crippen MR) is 113 cm³/mol. The van der Waals surface area contributed by atoms with Gasteiger partial charge in [0.05, 0.1) is 7.11 Å². The Morgan fingerprint density at radius 2 is 1.93 bits per heavy atom. The van der Waals surface area contributed by atoms with Crippen molar-refractivity contribution in [3.8, 4) is 16.9 Å². The van der Waals surface area contributed by atoms with Crippen LogP contribution in [0.5, 0.6) is 5.75 Å². The van der Waals surface area contributed by atoms with Crippen molar-refractivity contribution in [2.24, 2.45) is 0 Å². The van der Waals surface area contributed by atoms with Crippen molar-refractivity contribution < 1.29 is 13.9 Å². The Balaban J connectivity index is 1.92. The second kappa shape index (κ2) is 8.93. The Morgan fingerprint density at radius 3 is 2.57 bits per heavy atom. The monoisotopic (exact) mass is 380 g/mol. The number of carbonyl (C=O) groups is 1. The van der Waals surface area contributed by atoms with Crippen LogP contribution >= 0.6 is 0 Å². The summed E-state index contributed by atoms with van der Waals surface area (Å²) in [5.41, 5.74) is 2.40. The fraction of sp³-hybridized carbons (Fsp3) is 0.348. The maximum absolute atomic E-state index is 12.9. The summed E-state index contributed by atoms with van der Waals surface area (Å²) >= 11 is 0. The smallest absolute Gasteiger partial charge is 0.287 e. The van der Waals surface area contributed by atoms with Crippen LogP contribution in [0.2, 0.25) is 0 Å². The standard InChI is InChI=1S/C23H28N2O3/c1-5-25(16(2)3)14-13-24-23(26)22-21(17-9-7-6-8-10-17)19-12-11-18(27-4)15-20(19)28-22/h6-12,15-16H,5,13-14H2,1-4H3,(H,24,26). The minimum atomic E-state index is -0.200. The number of hydrogen-bond donors (Lipinski definition) is 1. The lowest BCUT2D eigenvalue weighted by Crippen LogP contribution is -2.38. The zero-order chi connectivity index (χ0) is 20.1. The van der Waals surface area contributed by atoms with Gasteiger partial charge in [-0.25, -0.2) is 0 Å². The van der Waals surface area contributed by atoms with Crippen molar-refractivity contribution in [3.05, 3.63) is 54.3 Å². The van der Waals surface area contributed by atoms with Gasteiger partial charge in [0.15, 0.2) is 0 Å². The number of carbonyl (C=O) groups excluding carboxylic acids is 1. The number of amides is 1. The first kappa shape index (κ1) is 20.0. The van der Waals surface area contributed by atoms with Crippen LogP contribution in [0.1, 0.15) is 31.3 Å². The van der Waals surface area contributed by atoms with Crippen LogP contribution in [0.4, 0.5) is 0 Å². The van der Waals surface area contributed by atoms with Gasteiger partial charge in [0.2, 0.25) is 5.76 Å². The maximum atomic E-state index is 12.9. The van der Waals surface area contributed by atoms with Gasteiger partial charge in [-0.05, 0) is 38.1 Å². The summed E-state index contributed by atoms with van der Waals surface area (Å²) in [6.45, 7) is 8.76. The fourth-order valence-electron chi connectivity index (χ4n) is 3.43. The Labute approximate surface area is 166 Å². The van der Waals surface area contributed by atoms with Gasteiger partial charge in [0.1, 0.15) is 11.3 Å². The van der Waals surface area contributed by atoms with E-state index in [2.05, 4.69) is 31.0 Å². The molecule has 0 fully saturated rings. The Bertz CT molecular complexity index is 932. The molecule has 5 heteroatoms. The Hall–Kier alpha value is -2.79. The number of rotatable bonds is 8. The highest BCUT2D eigenvalue weighted by atomic mass is 16.5. The molecule has 0 saturated carbocycles. The molecule has 0 radical (unpaired) electrons. The SMILES string of the molecule is CCN(CCNC(=O)c1oc2cc(OC)ccc2c1-c1ccccc1)C(C)C. The van der Waals surface area contributed by atoms with Gasteiger partial charge in [-0.3, -0.25) is 9.69 Å². The number of hydrogen-bond acceptors (Lipinski definition) is 4. The molecule has 0 unspecified atom stereocenters. The third-order valence-corrected chi connectivity index (χ3v) is 4.99. The summed E-state index contributed by atoms with van der Waals surface area (Å²) in [6.07, 6.45) is 0. The molecule has 2 aromatic carbocycles. The van der Waals surface area contributed by atoms with E-state index in [1.165, 1.54) is 0 Å². The van der Waals surface area contributed by atoms with Crippen LogP contribution in [0, 0.1) is 0 Å². The van der Waals surface area contributed by atoms with Gasteiger partial charge in [0, 0.05) is 36.1 Å². The fourth-order valence-corrected chi connectivity index (χ4v) is 3.43. The van der Waals surface area contributed by atoms with E-state index in [0.717, 1.165) is 29.6 Å². The molecule has 0 saturated heterocycles. The number of likely N-dealkylation sites (N-methyl/N-ethyl adjacent to an activating group) is 1. The molecule has 1 aromatic heterocycles. The van der Waals surface area contributed by atoms with Gasteiger partial charge in [-0.2, -0.15) is 0 Å². The summed E-state index contributed by atoms with van der Waals surface area (Å²) in [7, 11) is 1.62. The van der Waals surface area contributed by atoms with Crippen molar-refractivity contribution >= 4 is 16.9 Å². The largest absolute Gasteiger partial charge is 0.497 e. The van der Waals surface area contributed by atoms with E-state index in [-0.39, 0.29) is 5.91 Å². The highest BCUT2D eigenvalue weighted by Gasteiger charge is 2.22. The van der Waals surface area contributed by atoms with Gasteiger partial charge < -0.3 is 14.5 Å². The van der Waals surface area contributed by atoms with Crippen LogP contribution in [-0.2, 0) is 0 Å². The van der Waals surface area contributed by atoms with Crippen LogP contribution in [-0.4, -0.2) is 43.6 Å². The molecule has 0 bridgehead atoms. The van der Waals surface area contributed by atoms with Gasteiger partial charge in [-0.15, -0.1) is 0 Å². The van der Waals surface area contributed by atoms with Crippen molar-refractivity contribution in [2.75, 3.05) is 26.7 Å². The molecule has 148 valence electrons. The highest BCUT2D eigenvalue weighted by Crippen LogP contribution is 2.36. The van der Waals surface area contributed by atoms with E-state index in [0.29, 0.717) is 29.7 Å². The zero-order valence-corrected chi connectivity index (χ0v) is 17.0. The van der Waals surface area contributed by atoms with Crippen molar-refractivity contribution in [2.45, 2.75) is 26.8 Å². The molecule has 0 spiro atoms. The summed E-state index contributed by atoms with van der Waals surface area (Å²) in [4.78, 5) is 15.3. The number of furan rings is 1. The first-order valence-electron chi connectivity index (χ1n) is 9.73. The second-order valence-electron chi connectivity index (χ2n) is 7.01. The quantitative estimate of drug-likeness (QED) is 0.622. The third-order valence-electron chi connectivity index (χ3n) is 4.99. The normalized spacial score (nSPS) is 11.4. The average Bonchev–Trinajstić information content (AvgIpc) is 3.10. The number of fused-ring (bicyclic) bond motifs is 1. The number of methoxy groups -OCH3 is 1. The molecule has 5 nitrogen and oxygen atoms in total. The van der Waals surface area contributed by atoms with E-state index < -0.39 is 0 Å². The van der Waals surface area contributed by atoms with Crippen molar-refractivity contribution in [1.82, 2.24) is 10.2 Å². The number of benzene rings is 2. The zero-order valence-electron chi connectivity index (χ0n) is 17.0.